The lowest BCUT2D eigenvalue weighted by Crippen LogP contribution is -2.37. The number of nitrogens with zero attached hydrogens (tertiary/aromatic N) is 1. The van der Waals surface area contributed by atoms with Gasteiger partial charge in [0.2, 0.25) is 18.6 Å². The summed E-state index contributed by atoms with van der Waals surface area (Å²) in [6.45, 7) is 2.04. The Morgan fingerprint density at radius 2 is 1.64 bits per heavy atom. The summed E-state index contributed by atoms with van der Waals surface area (Å²) in [5.41, 5.74) is 0.726. The molecule has 134 valence electrons. The summed E-state index contributed by atoms with van der Waals surface area (Å²) in [5, 5.41) is 2.97. The maximum absolute atomic E-state index is 12.5. The first-order valence-corrected chi connectivity index (χ1v) is 9.20. The molecule has 0 atom stereocenters. The normalized spacial score (nSPS) is 25.0. The number of fused-ring (bicyclic) bond motifs is 1. The first-order valence-electron chi connectivity index (χ1n) is 9.20. The van der Waals surface area contributed by atoms with Crippen molar-refractivity contribution in [2.75, 3.05) is 25.2 Å². The maximum atomic E-state index is 12.5. The molecule has 2 amide bonds. The highest BCUT2D eigenvalue weighted by Crippen LogP contribution is 2.35. The molecule has 0 bridgehead atoms. The molecule has 2 fully saturated rings. The van der Waals surface area contributed by atoms with Gasteiger partial charge in [0.1, 0.15) is 0 Å². The van der Waals surface area contributed by atoms with Gasteiger partial charge in [-0.25, -0.2) is 0 Å². The average Bonchev–Trinajstić information content (AvgIpc) is 3.32. The van der Waals surface area contributed by atoms with E-state index < -0.39 is 0 Å². The van der Waals surface area contributed by atoms with Crippen molar-refractivity contribution in [3.05, 3.63) is 18.2 Å². The SMILES string of the molecule is O=C(Nc1ccc2c(c1)OCO2)C1CCC(C(=O)N2CCCC2)CC1. The molecule has 1 aromatic rings. The van der Waals surface area contributed by atoms with Crippen LogP contribution in [0, 0.1) is 11.8 Å². The van der Waals surface area contributed by atoms with Gasteiger partial charge in [0.05, 0.1) is 0 Å². The lowest BCUT2D eigenvalue weighted by molar-refractivity contribution is -0.136. The predicted octanol–water partition coefficient (Wildman–Crippen LogP) is 2.78. The second kappa shape index (κ2) is 6.94. The molecule has 0 radical (unpaired) electrons. The van der Waals surface area contributed by atoms with Crippen LogP contribution in [-0.2, 0) is 9.59 Å². The lowest BCUT2D eigenvalue weighted by atomic mass is 9.81. The minimum Gasteiger partial charge on any atom is -0.454 e. The monoisotopic (exact) mass is 344 g/mol. The third kappa shape index (κ3) is 3.43. The molecule has 1 aliphatic carbocycles. The summed E-state index contributed by atoms with van der Waals surface area (Å²) >= 11 is 0. The number of anilines is 1. The maximum Gasteiger partial charge on any atom is 0.231 e. The minimum atomic E-state index is -0.0203. The number of ether oxygens (including phenoxy) is 2. The van der Waals surface area contributed by atoms with Crippen molar-refractivity contribution in [3.63, 3.8) is 0 Å². The van der Waals surface area contributed by atoms with Gasteiger partial charge < -0.3 is 19.7 Å². The van der Waals surface area contributed by atoms with Crippen molar-refractivity contribution < 1.29 is 19.1 Å². The smallest absolute Gasteiger partial charge is 0.231 e. The van der Waals surface area contributed by atoms with Gasteiger partial charge in [-0.1, -0.05) is 0 Å². The van der Waals surface area contributed by atoms with Gasteiger partial charge in [-0.05, 0) is 50.7 Å². The van der Waals surface area contributed by atoms with Crippen LogP contribution in [0.2, 0.25) is 0 Å². The van der Waals surface area contributed by atoms with Crippen LogP contribution in [-0.4, -0.2) is 36.6 Å². The summed E-state index contributed by atoms with van der Waals surface area (Å²) in [6.07, 6.45) is 5.43. The van der Waals surface area contributed by atoms with Crippen molar-refractivity contribution in [1.29, 1.82) is 0 Å². The summed E-state index contributed by atoms with van der Waals surface area (Å²) < 4.78 is 10.6. The Morgan fingerprint density at radius 1 is 0.960 bits per heavy atom. The lowest BCUT2D eigenvalue weighted by Gasteiger charge is -2.29. The van der Waals surface area contributed by atoms with E-state index in [1.54, 1.807) is 6.07 Å². The molecule has 2 heterocycles. The minimum absolute atomic E-state index is 0.0203. The van der Waals surface area contributed by atoms with Crippen LogP contribution in [0.25, 0.3) is 0 Å². The van der Waals surface area contributed by atoms with Crippen LogP contribution in [0.4, 0.5) is 5.69 Å². The Kier molecular flexibility index (Phi) is 4.51. The highest BCUT2D eigenvalue weighted by atomic mass is 16.7. The molecule has 6 heteroatoms. The molecule has 0 aromatic heterocycles. The van der Waals surface area contributed by atoms with Gasteiger partial charge in [-0.2, -0.15) is 0 Å². The molecule has 1 N–H and O–H groups in total. The predicted molar refractivity (Wildman–Crippen MR) is 92.5 cm³/mol. The Balaban J connectivity index is 1.30. The van der Waals surface area contributed by atoms with Crippen molar-refractivity contribution in [3.8, 4) is 11.5 Å². The van der Waals surface area contributed by atoms with E-state index in [2.05, 4.69) is 5.32 Å². The topological polar surface area (TPSA) is 67.9 Å². The second-order valence-corrected chi connectivity index (χ2v) is 7.14. The van der Waals surface area contributed by atoms with Crippen LogP contribution in [0.15, 0.2) is 18.2 Å². The van der Waals surface area contributed by atoms with Crippen LogP contribution in [0.1, 0.15) is 38.5 Å². The number of nitrogens with one attached hydrogen (secondary N) is 1. The molecule has 0 unspecified atom stereocenters. The Bertz CT molecular complexity index is 661. The fraction of sp³-hybridized carbons (Fsp3) is 0.579. The van der Waals surface area contributed by atoms with Crippen LogP contribution in [0.5, 0.6) is 11.5 Å². The van der Waals surface area contributed by atoms with Crippen molar-refractivity contribution in [1.82, 2.24) is 4.90 Å². The zero-order valence-corrected chi connectivity index (χ0v) is 14.3. The number of carbonyl (C=O) groups excluding carboxylic acids is 2. The van der Waals surface area contributed by atoms with Gasteiger partial charge in [-0.15, -0.1) is 0 Å². The standard InChI is InChI=1S/C19H24N2O4/c22-18(20-15-7-8-16-17(11-15)25-12-24-16)13-3-5-14(6-4-13)19(23)21-9-1-2-10-21/h7-8,11,13-14H,1-6,9-10,12H2,(H,20,22). The third-order valence-electron chi connectivity index (χ3n) is 5.51. The molecule has 25 heavy (non-hydrogen) atoms. The van der Waals surface area contributed by atoms with Gasteiger partial charge in [0.25, 0.3) is 0 Å². The van der Waals surface area contributed by atoms with E-state index in [0.717, 1.165) is 57.3 Å². The Hall–Kier alpha value is -2.24. The zero-order chi connectivity index (χ0) is 17.2. The molecule has 1 saturated heterocycles. The fourth-order valence-electron chi connectivity index (χ4n) is 4.02. The van der Waals surface area contributed by atoms with E-state index in [4.69, 9.17) is 9.47 Å². The molecule has 6 nitrogen and oxygen atoms in total. The number of amides is 2. The molecule has 1 saturated carbocycles. The quantitative estimate of drug-likeness (QED) is 0.915. The van der Waals surface area contributed by atoms with Crippen LogP contribution in [0.3, 0.4) is 0 Å². The number of hydrogen-bond acceptors (Lipinski definition) is 4. The molecule has 1 aromatic carbocycles. The van der Waals surface area contributed by atoms with Gasteiger partial charge in [-0.3, -0.25) is 9.59 Å². The average molecular weight is 344 g/mol. The van der Waals surface area contributed by atoms with Crippen LogP contribution < -0.4 is 14.8 Å². The largest absolute Gasteiger partial charge is 0.454 e. The molecular formula is C19H24N2O4. The van der Waals surface area contributed by atoms with E-state index >= 15 is 0 Å². The van der Waals surface area contributed by atoms with E-state index in [-0.39, 0.29) is 24.5 Å². The highest BCUT2D eigenvalue weighted by Gasteiger charge is 2.33. The van der Waals surface area contributed by atoms with E-state index in [1.807, 2.05) is 17.0 Å². The summed E-state index contributed by atoms with van der Waals surface area (Å²) in [6, 6.07) is 5.43. The van der Waals surface area contributed by atoms with Crippen LogP contribution >= 0.6 is 0 Å². The fourth-order valence-corrected chi connectivity index (χ4v) is 4.02. The van der Waals surface area contributed by atoms with Crippen molar-refractivity contribution >= 4 is 17.5 Å². The van der Waals surface area contributed by atoms with Gasteiger partial charge in [0, 0.05) is 36.7 Å². The molecule has 4 rings (SSSR count). The van der Waals surface area contributed by atoms with Crippen molar-refractivity contribution in [2.24, 2.45) is 11.8 Å². The summed E-state index contributed by atoms with van der Waals surface area (Å²) in [4.78, 5) is 27.0. The van der Waals surface area contributed by atoms with E-state index in [9.17, 15) is 9.59 Å². The number of carbonyl (C=O) groups is 2. The number of benzene rings is 1. The Morgan fingerprint density at radius 3 is 2.40 bits per heavy atom. The number of rotatable bonds is 3. The van der Waals surface area contributed by atoms with Crippen molar-refractivity contribution in [2.45, 2.75) is 38.5 Å². The number of likely N-dealkylation sites (tertiary alicyclic amines) is 1. The van der Waals surface area contributed by atoms with Gasteiger partial charge >= 0.3 is 0 Å². The van der Waals surface area contributed by atoms with Gasteiger partial charge in [0.15, 0.2) is 11.5 Å². The first kappa shape index (κ1) is 16.2. The zero-order valence-electron chi connectivity index (χ0n) is 14.3. The molecular weight excluding hydrogens is 320 g/mol. The summed E-state index contributed by atoms with van der Waals surface area (Å²) in [5.74, 6) is 1.79. The second-order valence-electron chi connectivity index (χ2n) is 7.14. The highest BCUT2D eigenvalue weighted by molar-refractivity contribution is 5.93. The van der Waals surface area contributed by atoms with E-state index in [0.29, 0.717) is 17.4 Å². The Labute approximate surface area is 147 Å². The molecule has 2 aliphatic heterocycles. The third-order valence-corrected chi connectivity index (χ3v) is 5.51. The summed E-state index contributed by atoms with van der Waals surface area (Å²) in [7, 11) is 0. The van der Waals surface area contributed by atoms with E-state index in [1.165, 1.54) is 0 Å². The first-order chi connectivity index (χ1) is 12.2. The molecule has 0 spiro atoms. The number of hydrogen-bond donors (Lipinski definition) is 1. The molecule has 3 aliphatic rings.